The maximum atomic E-state index is 4.26. The van der Waals surface area contributed by atoms with Gasteiger partial charge in [-0.15, -0.1) is 0 Å². The summed E-state index contributed by atoms with van der Waals surface area (Å²) in [6.45, 7) is 3.03. The maximum absolute atomic E-state index is 4.26. The Bertz CT molecular complexity index is 539. The van der Waals surface area contributed by atoms with Crippen LogP contribution in [0.3, 0.4) is 0 Å². The molecule has 5 heteroatoms. The number of hydrogen-bond acceptors (Lipinski definition) is 2. The first-order valence-electron chi connectivity index (χ1n) is 5.79. The number of hydrogen-bond donors (Lipinski definition) is 1. The van der Waals surface area contributed by atoms with Crippen molar-refractivity contribution in [3.63, 3.8) is 0 Å². The molecular formula is C13H15BrIN3. The van der Waals surface area contributed by atoms with Gasteiger partial charge in [0.1, 0.15) is 0 Å². The average Bonchev–Trinajstić information content (AvgIpc) is 2.76. The molecule has 1 aromatic heterocycles. The predicted octanol–water partition coefficient (Wildman–Crippen LogP) is 3.49. The minimum absolute atomic E-state index is 0.173. The number of nitrogens with one attached hydrogen (secondary N) is 1. The van der Waals surface area contributed by atoms with Gasteiger partial charge in [-0.3, -0.25) is 4.68 Å². The molecule has 1 aromatic carbocycles. The third kappa shape index (κ3) is 2.95. The number of aryl methyl sites for hydroxylation is 1. The van der Waals surface area contributed by atoms with Crippen LogP contribution in [-0.2, 0) is 7.05 Å². The van der Waals surface area contributed by atoms with E-state index in [9.17, 15) is 0 Å². The first-order chi connectivity index (χ1) is 8.63. The Balaban J connectivity index is 2.48. The second-order valence-corrected chi connectivity index (χ2v) is 6.11. The fraction of sp³-hybridized carbons (Fsp3) is 0.308. The summed E-state index contributed by atoms with van der Waals surface area (Å²) in [4.78, 5) is 0. The molecule has 1 unspecified atom stereocenters. The lowest BCUT2D eigenvalue weighted by Crippen LogP contribution is -2.25. The summed E-state index contributed by atoms with van der Waals surface area (Å²) in [5, 5.41) is 7.78. The Morgan fingerprint density at radius 3 is 2.83 bits per heavy atom. The van der Waals surface area contributed by atoms with Crippen molar-refractivity contribution in [1.82, 2.24) is 15.1 Å². The smallest absolute Gasteiger partial charge is 0.0758 e. The zero-order chi connectivity index (χ0) is 13.1. The van der Waals surface area contributed by atoms with Gasteiger partial charge in [0.05, 0.1) is 11.7 Å². The first kappa shape index (κ1) is 14.0. The average molecular weight is 420 g/mol. The topological polar surface area (TPSA) is 29.9 Å². The number of nitrogens with zero attached hydrogens (tertiary/aromatic N) is 2. The van der Waals surface area contributed by atoms with Crippen LogP contribution in [0.2, 0.25) is 0 Å². The zero-order valence-corrected chi connectivity index (χ0v) is 14.1. The molecule has 3 nitrogen and oxygen atoms in total. The van der Waals surface area contributed by atoms with Gasteiger partial charge < -0.3 is 5.32 Å². The predicted molar refractivity (Wildman–Crippen MR) is 85.6 cm³/mol. The van der Waals surface area contributed by atoms with Gasteiger partial charge in [0, 0.05) is 21.3 Å². The Hall–Kier alpha value is -0.400. The molecule has 0 radical (unpaired) electrons. The minimum Gasteiger partial charge on any atom is -0.305 e. The molecule has 96 valence electrons. The second kappa shape index (κ2) is 6.16. The quantitative estimate of drug-likeness (QED) is 0.768. The monoisotopic (exact) mass is 419 g/mol. The van der Waals surface area contributed by atoms with E-state index < -0.39 is 0 Å². The fourth-order valence-electron chi connectivity index (χ4n) is 1.98. The Labute approximate surface area is 129 Å². The summed E-state index contributed by atoms with van der Waals surface area (Å²) in [6.07, 6.45) is 1.84. The van der Waals surface area contributed by atoms with Crippen LogP contribution in [0.25, 0.3) is 0 Å². The van der Waals surface area contributed by atoms with Crippen LogP contribution >= 0.6 is 38.5 Å². The van der Waals surface area contributed by atoms with Crippen molar-refractivity contribution in [2.24, 2.45) is 7.05 Å². The normalized spacial score (nSPS) is 12.7. The van der Waals surface area contributed by atoms with E-state index in [2.05, 4.69) is 80.1 Å². The molecule has 1 heterocycles. The maximum Gasteiger partial charge on any atom is 0.0758 e. The largest absolute Gasteiger partial charge is 0.305 e. The molecule has 0 saturated heterocycles. The van der Waals surface area contributed by atoms with Gasteiger partial charge in [-0.2, -0.15) is 5.10 Å². The molecule has 0 bridgehead atoms. The zero-order valence-electron chi connectivity index (χ0n) is 10.3. The van der Waals surface area contributed by atoms with E-state index in [0.29, 0.717) is 0 Å². The van der Waals surface area contributed by atoms with Crippen LogP contribution in [0.4, 0.5) is 0 Å². The number of benzene rings is 1. The van der Waals surface area contributed by atoms with Crippen LogP contribution in [0.1, 0.15) is 24.2 Å². The van der Waals surface area contributed by atoms with Crippen LogP contribution in [0.15, 0.2) is 34.9 Å². The highest BCUT2D eigenvalue weighted by atomic mass is 127. The molecule has 0 amide bonds. The van der Waals surface area contributed by atoms with E-state index in [0.717, 1.165) is 11.0 Å². The third-order valence-corrected chi connectivity index (χ3v) is 4.31. The van der Waals surface area contributed by atoms with Crippen molar-refractivity contribution in [3.8, 4) is 0 Å². The van der Waals surface area contributed by atoms with E-state index in [4.69, 9.17) is 0 Å². The number of rotatable bonds is 4. The van der Waals surface area contributed by atoms with Crippen molar-refractivity contribution in [3.05, 3.63) is 49.8 Å². The summed E-state index contributed by atoms with van der Waals surface area (Å²) >= 11 is 5.92. The molecule has 18 heavy (non-hydrogen) atoms. The van der Waals surface area contributed by atoms with Crippen molar-refractivity contribution < 1.29 is 0 Å². The summed E-state index contributed by atoms with van der Waals surface area (Å²) in [6, 6.07) is 8.59. The Morgan fingerprint density at radius 2 is 2.22 bits per heavy atom. The minimum atomic E-state index is 0.173. The van der Waals surface area contributed by atoms with E-state index in [-0.39, 0.29) is 6.04 Å². The van der Waals surface area contributed by atoms with Crippen LogP contribution in [-0.4, -0.2) is 16.3 Å². The Morgan fingerprint density at radius 1 is 1.44 bits per heavy atom. The highest BCUT2D eigenvalue weighted by Gasteiger charge is 2.18. The van der Waals surface area contributed by atoms with Crippen LogP contribution in [0.5, 0.6) is 0 Å². The SMILES string of the molecule is CCNC(c1cc(Br)ccc1I)c1ccnn1C. The van der Waals surface area contributed by atoms with Gasteiger partial charge in [0.2, 0.25) is 0 Å². The van der Waals surface area contributed by atoms with E-state index >= 15 is 0 Å². The van der Waals surface area contributed by atoms with Gasteiger partial charge in [0.15, 0.2) is 0 Å². The van der Waals surface area contributed by atoms with Gasteiger partial charge >= 0.3 is 0 Å². The van der Waals surface area contributed by atoms with E-state index in [1.54, 1.807) is 0 Å². The summed E-state index contributed by atoms with van der Waals surface area (Å²) in [5.41, 5.74) is 2.45. The standard InChI is InChI=1S/C13H15BrIN3/c1-3-16-13(12-6-7-17-18(12)2)10-8-9(14)4-5-11(10)15/h4-8,13,16H,3H2,1-2H3. The molecule has 1 atom stereocenters. The Kier molecular flexibility index (Phi) is 4.80. The first-order valence-corrected chi connectivity index (χ1v) is 7.67. The van der Waals surface area contributed by atoms with Gasteiger partial charge in [0.25, 0.3) is 0 Å². The number of aromatic nitrogens is 2. The third-order valence-electron chi connectivity index (χ3n) is 2.83. The van der Waals surface area contributed by atoms with Crippen LogP contribution in [0, 0.1) is 3.57 Å². The molecule has 0 saturated carbocycles. The van der Waals surface area contributed by atoms with E-state index in [1.807, 2.05) is 17.9 Å². The molecule has 0 spiro atoms. The molecule has 0 aliphatic heterocycles. The molecule has 2 rings (SSSR count). The summed E-state index contributed by atoms with van der Waals surface area (Å²) in [7, 11) is 1.98. The van der Waals surface area contributed by atoms with E-state index in [1.165, 1.54) is 14.8 Å². The lowest BCUT2D eigenvalue weighted by molar-refractivity contribution is 0.571. The lowest BCUT2D eigenvalue weighted by Gasteiger charge is -2.20. The highest BCUT2D eigenvalue weighted by Crippen LogP contribution is 2.28. The molecule has 0 aliphatic rings. The second-order valence-electron chi connectivity index (χ2n) is 4.04. The van der Waals surface area contributed by atoms with Crippen LogP contribution < -0.4 is 5.32 Å². The highest BCUT2D eigenvalue weighted by molar-refractivity contribution is 14.1. The van der Waals surface area contributed by atoms with Gasteiger partial charge in [-0.05, 0) is 59.0 Å². The summed E-state index contributed by atoms with van der Waals surface area (Å²) < 4.78 is 4.27. The molecule has 2 aromatic rings. The molecule has 0 aliphatic carbocycles. The number of halogens is 2. The van der Waals surface area contributed by atoms with Crippen molar-refractivity contribution in [2.75, 3.05) is 6.54 Å². The van der Waals surface area contributed by atoms with Crippen molar-refractivity contribution in [2.45, 2.75) is 13.0 Å². The molecule has 1 N–H and O–H groups in total. The van der Waals surface area contributed by atoms with Gasteiger partial charge in [-0.1, -0.05) is 22.9 Å². The summed E-state index contributed by atoms with van der Waals surface area (Å²) in [5.74, 6) is 0. The van der Waals surface area contributed by atoms with Crippen molar-refractivity contribution in [1.29, 1.82) is 0 Å². The molecule has 0 fully saturated rings. The molecular weight excluding hydrogens is 405 g/mol. The van der Waals surface area contributed by atoms with Gasteiger partial charge in [-0.25, -0.2) is 0 Å². The lowest BCUT2D eigenvalue weighted by atomic mass is 10.0. The van der Waals surface area contributed by atoms with Crippen molar-refractivity contribution >= 4 is 38.5 Å². The fourth-order valence-corrected chi connectivity index (χ4v) is 3.01.